The van der Waals surface area contributed by atoms with E-state index >= 15 is 0 Å². The van der Waals surface area contributed by atoms with E-state index in [-0.39, 0.29) is 11.7 Å². The number of ether oxygens (including phenoxy) is 1. The summed E-state index contributed by atoms with van der Waals surface area (Å²) >= 11 is 1.27. The number of aromatic nitrogens is 2. The van der Waals surface area contributed by atoms with Crippen LogP contribution >= 0.6 is 11.8 Å². The van der Waals surface area contributed by atoms with Crippen molar-refractivity contribution >= 4 is 23.4 Å². The number of carbonyl (C=O) groups is 1. The summed E-state index contributed by atoms with van der Waals surface area (Å²) in [5.74, 6) is 1.43. The Kier molecular flexibility index (Phi) is 5.55. The Bertz CT molecular complexity index is 626. The first-order valence-corrected chi connectivity index (χ1v) is 7.22. The number of nitrogens with one attached hydrogen (secondary N) is 1. The largest absolute Gasteiger partial charge is 0.438 e. The number of hydrogen-bond donors (Lipinski definition) is 1. The van der Waals surface area contributed by atoms with Gasteiger partial charge in [0.15, 0.2) is 0 Å². The van der Waals surface area contributed by atoms with E-state index in [9.17, 15) is 4.79 Å². The lowest BCUT2D eigenvalue weighted by Gasteiger charge is -2.06. The van der Waals surface area contributed by atoms with Crippen molar-refractivity contribution in [1.82, 2.24) is 9.97 Å². The number of nitriles is 1. The first kappa shape index (κ1) is 14.8. The molecule has 0 bridgehead atoms. The number of carbonyl (C=O) groups excluding carboxylic acids is 1. The van der Waals surface area contributed by atoms with Crippen molar-refractivity contribution in [2.75, 3.05) is 16.8 Å². The Morgan fingerprint density at radius 1 is 1.33 bits per heavy atom. The third-order valence-corrected chi connectivity index (χ3v) is 3.10. The van der Waals surface area contributed by atoms with Crippen LogP contribution in [0.15, 0.2) is 42.9 Å². The molecule has 1 aromatic carbocycles. The van der Waals surface area contributed by atoms with Crippen molar-refractivity contribution in [2.24, 2.45) is 0 Å². The number of hydrogen-bond acceptors (Lipinski definition) is 6. The highest BCUT2D eigenvalue weighted by atomic mass is 32.2. The maximum atomic E-state index is 11.6. The molecule has 2 aromatic rings. The molecule has 0 aliphatic rings. The van der Waals surface area contributed by atoms with Crippen LogP contribution < -0.4 is 10.1 Å². The van der Waals surface area contributed by atoms with Crippen molar-refractivity contribution in [1.29, 1.82) is 5.26 Å². The second kappa shape index (κ2) is 7.87. The zero-order valence-corrected chi connectivity index (χ0v) is 11.8. The molecule has 0 aliphatic heterocycles. The summed E-state index contributed by atoms with van der Waals surface area (Å²) in [7, 11) is 0. The van der Waals surface area contributed by atoms with E-state index in [1.807, 2.05) is 6.07 Å². The van der Waals surface area contributed by atoms with E-state index in [0.717, 1.165) is 0 Å². The van der Waals surface area contributed by atoms with Crippen LogP contribution in [0, 0.1) is 11.3 Å². The van der Waals surface area contributed by atoms with Crippen LogP contribution in [0.2, 0.25) is 0 Å². The van der Waals surface area contributed by atoms with Gasteiger partial charge in [0.25, 0.3) is 0 Å². The van der Waals surface area contributed by atoms with E-state index in [4.69, 9.17) is 10.00 Å². The van der Waals surface area contributed by atoms with Crippen molar-refractivity contribution in [3.63, 3.8) is 0 Å². The predicted molar refractivity (Wildman–Crippen MR) is 80.1 cm³/mol. The molecular weight excluding hydrogens is 288 g/mol. The Labute approximate surface area is 126 Å². The number of amides is 1. The molecule has 1 N–H and O–H groups in total. The van der Waals surface area contributed by atoms with Crippen LogP contribution in [0.3, 0.4) is 0 Å². The average Bonchev–Trinajstić information content (AvgIpc) is 2.51. The van der Waals surface area contributed by atoms with Crippen LogP contribution in [0.1, 0.15) is 0 Å². The molecular formula is C14H12N4O2S. The highest BCUT2D eigenvalue weighted by Gasteiger charge is 2.03. The molecule has 0 saturated carbocycles. The SMILES string of the molecule is N#CCSCC(=O)Nc1ccc(Oc2cnccn2)cc1. The van der Waals surface area contributed by atoms with Gasteiger partial charge in [0.1, 0.15) is 5.75 Å². The molecule has 0 fully saturated rings. The lowest BCUT2D eigenvalue weighted by molar-refractivity contribution is -0.113. The number of anilines is 1. The van der Waals surface area contributed by atoms with E-state index in [1.165, 1.54) is 18.0 Å². The maximum absolute atomic E-state index is 11.6. The Hall–Kier alpha value is -2.59. The molecule has 0 saturated heterocycles. The number of thioether (sulfide) groups is 1. The lowest BCUT2D eigenvalue weighted by atomic mass is 10.3. The van der Waals surface area contributed by atoms with Gasteiger partial charge < -0.3 is 10.1 Å². The Morgan fingerprint density at radius 3 is 2.81 bits per heavy atom. The third-order valence-electron chi connectivity index (χ3n) is 2.30. The summed E-state index contributed by atoms with van der Waals surface area (Å²) in [6.45, 7) is 0. The van der Waals surface area contributed by atoms with Crippen molar-refractivity contribution in [3.05, 3.63) is 42.9 Å². The van der Waals surface area contributed by atoms with E-state index in [2.05, 4.69) is 15.3 Å². The van der Waals surface area contributed by atoms with Crippen molar-refractivity contribution < 1.29 is 9.53 Å². The molecule has 21 heavy (non-hydrogen) atoms. The zero-order valence-electron chi connectivity index (χ0n) is 11.0. The van der Waals surface area contributed by atoms with E-state index in [1.54, 1.807) is 36.7 Å². The lowest BCUT2D eigenvalue weighted by Crippen LogP contribution is -2.14. The average molecular weight is 300 g/mol. The van der Waals surface area contributed by atoms with Crippen LogP contribution in [-0.4, -0.2) is 27.4 Å². The van der Waals surface area contributed by atoms with Crippen LogP contribution in [0.4, 0.5) is 5.69 Å². The highest BCUT2D eigenvalue weighted by molar-refractivity contribution is 8.00. The summed E-state index contributed by atoms with van der Waals surface area (Å²) in [6, 6.07) is 8.90. The molecule has 6 nitrogen and oxygen atoms in total. The van der Waals surface area contributed by atoms with Gasteiger partial charge in [-0.3, -0.25) is 9.78 Å². The van der Waals surface area contributed by atoms with Gasteiger partial charge in [0.05, 0.1) is 23.8 Å². The monoisotopic (exact) mass is 300 g/mol. The van der Waals surface area contributed by atoms with Crippen LogP contribution in [0.5, 0.6) is 11.6 Å². The van der Waals surface area contributed by atoms with Gasteiger partial charge in [0.2, 0.25) is 11.8 Å². The molecule has 0 radical (unpaired) electrons. The fourth-order valence-electron chi connectivity index (χ4n) is 1.45. The van der Waals surface area contributed by atoms with Gasteiger partial charge in [-0.1, -0.05) is 0 Å². The summed E-state index contributed by atoms with van der Waals surface area (Å²) in [6.07, 6.45) is 4.63. The molecule has 0 atom stereocenters. The topological polar surface area (TPSA) is 87.9 Å². The normalized spacial score (nSPS) is 9.67. The molecule has 7 heteroatoms. The van der Waals surface area contributed by atoms with E-state index in [0.29, 0.717) is 23.1 Å². The number of rotatable bonds is 6. The van der Waals surface area contributed by atoms with Gasteiger partial charge in [-0.25, -0.2) is 4.98 Å². The smallest absolute Gasteiger partial charge is 0.237 e. The van der Waals surface area contributed by atoms with E-state index < -0.39 is 0 Å². The molecule has 106 valence electrons. The molecule has 1 aromatic heterocycles. The van der Waals surface area contributed by atoms with Gasteiger partial charge >= 0.3 is 0 Å². The highest BCUT2D eigenvalue weighted by Crippen LogP contribution is 2.20. The minimum Gasteiger partial charge on any atom is -0.438 e. The quantitative estimate of drug-likeness (QED) is 0.824. The van der Waals surface area contributed by atoms with Gasteiger partial charge in [-0.05, 0) is 24.3 Å². The zero-order chi connectivity index (χ0) is 14.9. The summed E-state index contributed by atoms with van der Waals surface area (Å²) < 4.78 is 5.49. The minimum atomic E-state index is -0.141. The van der Waals surface area contributed by atoms with Crippen molar-refractivity contribution in [2.45, 2.75) is 0 Å². The molecule has 0 aliphatic carbocycles. The molecule has 0 unspecified atom stereocenters. The fraction of sp³-hybridized carbons (Fsp3) is 0.143. The summed E-state index contributed by atoms with van der Waals surface area (Å²) in [5, 5.41) is 11.1. The van der Waals surface area contributed by atoms with Crippen LogP contribution in [0.25, 0.3) is 0 Å². The second-order valence-corrected chi connectivity index (χ2v) is 4.85. The first-order valence-electron chi connectivity index (χ1n) is 6.06. The van der Waals surface area contributed by atoms with Crippen LogP contribution in [-0.2, 0) is 4.79 Å². The van der Waals surface area contributed by atoms with Gasteiger partial charge in [-0.15, -0.1) is 11.8 Å². The predicted octanol–water partition coefficient (Wildman–Crippen LogP) is 2.46. The minimum absolute atomic E-state index is 0.141. The number of benzene rings is 1. The first-order chi connectivity index (χ1) is 10.3. The van der Waals surface area contributed by atoms with Gasteiger partial charge in [0, 0.05) is 18.1 Å². The molecule has 2 rings (SSSR count). The van der Waals surface area contributed by atoms with Gasteiger partial charge in [-0.2, -0.15) is 5.26 Å². The Balaban J connectivity index is 1.87. The fourth-order valence-corrected chi connectivity index (χ4v) is 1.90. The Morgan fingerprint density at radius 2 is 2.14 bits per heavy atom. The molecule has 0 spiro atoms. The summed E-state index contributed by atoms with van der Waals surface area (Å²) in [4.78, 5) is 19.5. The summed E-state index contributed by atoms with van der Waals surface area (Å²) in [5.41, 5.74) is 0.670. The molecule has 1 heterocycles. The van der Waals surface area contributed by atoms with Crippen molar-refractivity contribution in [3.8, 4) is 17.7 Å². The third kappa shape index (κ3) is 5.12. The number of nitrogens with zero attached hydrogens (tertiary/aromatic N) is 3. The standard InChI is InChI=1S/C14H12N4O2S/c15-5-8-21-10-13(19)18-11-1-3-12(4-2-11)20-14-9-16-6-7-17-14/h1-4,6-7,9H,8,10H2,(H,18,19). The second-order valence-electron chi connectivity index (χ2n) is 3.87. The maximum Gasteiger partial charge on any atom is 0.237 e. The molecule has 1 amide bonds.